The summed E-state index contributed by atoms with van der Waals surface area (Å²) in [4.78, 5) is 1.78. The lowest BCUT2D eigenvalue weighted by atomic mass is 10.1. The van der Waals surface area contributed by atoms with Crippen LogP contribution in [0.25, 0.3) is 11.1 Å². The van der Waals surface area contributed by atoms with Gasteiger partial charge in [0.05, 0.1) is 10.5 Å². The maximum atomic E-state index is 12.7. The molecule has 0 N–H and O–H groups in total. The molecule has 0 radical (unpaired) electrons. The van der Waals surface area contributed by atoms with Crippen LogP contribution in [0.15, 0.2) is 87.5 Å². The van der Waals surface area contributed by atoms with E-state index in [1.807, 2.05) is 24.3 Å². The van der Waals surface area contributed by atoms with Gasteiger partial charge in [-0.1, -0.05) is 42.1 Å². The van der Waals surface area contributed by atoms with Crippen molar-refractivity contribution in [2.24, 2.45) is 0 Å². The summed E-state index contributed by atoms with van der Waals surface area (Å²) in [6.07, 6.45) is -3.21. The van der Waals surface area contributed by atoms with Gasteiger partial charge in [-0.05, 0) is 53.6 Å². The third-order valence-corrected chi connectivity index (χ3v) is 6.10. The molecule has 27 heavy (non-hydrogen) atoms. The number of rotatable bonds is 4. The Bertz CT molecular complexity index is 1040. The summed E-state index contributed by atoms with van der Waals surface area (Å²) >= 11 is 1.35. The number of alkyl halides is 3. The van der Waals surface area contributed by atoms with E-state index in [-0.39, 0.29) is 4.90 Å². The third-order valence-electron chi connectivity index (χ3n) is 3.89. The van der Waals surface area contributed by atoms with Gasteiger partial charge in [-0.25, -0.2) is 8.42 Å². The number of benzene rings is 3. The lowest BCUT2D eigenvalue weighted by Gasteiger charge is -2.11. The van der Waals surface area contributed by atoms with Crippen LogP contribution >= 0.6 is 11.8 Å². The SMILES string of the molecule is CS(=O)(=O)c1ccc(-c2ccccc2Sc2ccc(C(F)(F)F)cc2)cc1. The zero-order chi connectivity index (χ0) is 19.7. The normalized spacial score (nSPS) is 12.1. The minimum atomic E-state index is -4.36. The topological polar surface area (TPSA) is 34.1 Å². The Morgan fingerprint density at radius 3 is 1.96 bits per heavy atom. The van der Waals surface area contributed by atoms with Crippen molar-refractivity contribution in [3.63, 3.8) is 0 Å². The van der Waals surface area contributed by atoms with Gasteiger partial charge in [0.25, 0.3) is 0 Å². The highest BCUT2D eigenvalue weighted by atomic mass is 32.2. The minimum absolute atomic E-state index is 0.235. The Morgan fingerprint density at radius 2 is 1.41 bits per heavy atom. The Morgan fingerprint density at radius 1 is 0.815 bits per heavy atom. The Kier molecular flexibility index (Phi) is 5.35. The average Bonchev–Trinajstić information content (AvgIpc) is 2.61. The molecule has 0 aliphatic heterocycles. The Hall–Kier alpha value is -2.25. The maximum Gasteiger partial charge on any atom is 0.416 e. The molecule has 0 spiro atoms. The van der Waals surface area contributed by atoms with Gasteiger partial charge >= 0.3 is 6.18 Å². The quantitative estimate of drug-likeness (QED) is 0.537. The van der Waals surface area contributed by atoms with E-state index in [2.05, 4.69) is 0 Å². The van der Waals surface area contributed by atoms with Gasteiger partial charge in [-0.15, -0.1) is 0 Å². The third kappa shape index (κ3) is 4.73. The highest BCUT2D eigenvalue weighted by Gasteiger charge is 2.29. The second kappa shape index (κ2) is 7.40. The van der Waals surface area contributed by atoms with Gasteiger partial charge in [0, 0.05) is 16.0 Å². The van der Waals surface area contributed by atoms with Crippen LogP contribution in [0.1, 0.15) is 5.56 Å². The van der Waals surface area contributed by atoms with Crippen molar-refractivity contribution in [3.05, 3.63) is 78.4 Å². The zero-order valence-corrected chi connectivity index (χ0v) is 15.8. The van der Waals surface area contributed by atoms with Crippen molar-refractivity contribution >= 4 is 21.6 Å². The average molecular weight is 408 g/mol. The van der Waals surface area contributed by atoms with Crippen LogP contribution in [-0.2, 0) is 16.0 Å². The Balaban J connectivity index is 1.90. The summed E-state index contributed by atoms with van der Waals surface area (Å²) in [5.74, 6) is 0. The van der Waals surface area contributed by atoms with Crippen molar-refractivity contribution in [1.29, 1.82) is 0 Å². The second-order valence-corrected chi connectivity index (χ2v) is 9.05. The summed E-state index contributed by atoms with van der Waals surface area (Å²) in [5, 5.41) is 0. The van der Waals surface area contributed by atoms with Gasteiger partial charge in [0.1, 0.15) is 0 Å². The molecule has 0 unspecified atom stereocenters. The molecular weight excluding hydrogens is 393 g/mol. The van der Waals surface area contributed by atoms with Crippen molar-refractivity contribution in [2.45, 2.75) is 20.9 Å². The highest BCUT2D eigenvalue weighted by molar-refractivity contribution is 7.99. The molecule has 3 rings (SSSR count). The van der Waals surface area contributed by atoms with E-state index in [0.29, 0.717) is 4.90 Å². The Labute approximate surface area is 160 Å². The van der Waals surface area contributed by atoms with E-state index < -0.39 is 21.6 Å². The van der Waals surface area contributed by atoms with E-state index in [4.69, 9.17) is 0 Å². The molecule has 0 saturated heterocycles. The molecular formula is C20H15F3O2S2. The molecule has 0 heterocycles. The lowest BCUT2D eigenvalue weighted by molar-refractivity contribution is -0.137. The molecule has 140 valence electrons. The van der Waals surface area contributed by atoms with Crippen LogP contribution < -0.4 is 0 Å². The summed E-state index contributed by atoms with van der Waals surface area (Å²) in [7, 11) is -3.27. The summed E-state index contributed by atoms with van der Waals surface area (Å²) < 4.78 is 61.3. The summed E-state index contributed by atoms with van der Waals surface area (Å²) in [6.45, 7) is 0. The molecule has 0 amide bonds. The molecule has 0 atom stereocenters. The molecule has 0 fully saturated rings. The second-order valence-electron chi connectivity index (χ2n) is 5.92. The van der Waals surface area contributed by atoms with Crippen LogP contribution in [0.5, 0.6) is 0 Å². The van der Waals surface area contributed by atoms with E-state index in [9.17, 15) is 21.6 Å². The predicted molar refractivity (Wildman–Crippen MR) is 101 cm³/mol. The molecule has 2 nitrogen and oxygen atoms in total. The molecule has 3 aromatic carbocycles. The van der Waals surface area contributed by atoms with Crippen molar-refractivity contribution < 1.29 is 21.6 Å². The first-order valence-electron chi connectivity index (χ1n) is 7.89. The standard InChI is InChI=1S/C20H15F3O2S2/c1-27(24,25)17-12-6-14(7-13-17)18-4-2-3-5-19(18)26-16-10-8-15(9-11-16)20(21,22)23/h2-13H,1H3. The first-order valence-corrected chi connectivity index (χ1v) is 10.6. The van der Waals surface area contributed by atoms with E-state index in [1.54, 1.807) is 24.3 Å². The first-order chi connectivity index (χ1) is 12.6. The van der Waals surface area contributed by atoms with Crippen LogP contribution in [0.4, 0.5) is 13.2 Å². The number of sulfone groups is 1. The number of hydrogen-bond donors (Lipinski definition) is 0. The summed E-state index contributed by atoms with van der Waals surface area (Å²) in [5.41, 5.74) is 1.02. The van der Waals surface area contributed by atoms with E-state index >= 15 is 0 Å². The zero-order valence-electron chi connectivity index (χ0n) is 14.2. The van der Waals surface area contributed by atoms with Crippen LogP contribution in [0.3, 0.4) is 0 Å². The largest absolute Gasteiger partial charge is 0.416 e. The van der Waals surface area contributed by atoms with Gasteiger partial charge in [0.15, 0.2) is 9.84 Å². The number of halogens is 3. The van der Waals surface area contributed by atoms with E-state index in [0.717, 1.165) is 34.4 Å². The molecule has 7 heteroatoms. The van der Waals surface area contributed by atoms with Gasteiger partial charge in [-0.2, -0.15) is 13.2 Å². The van der Waals surface area contributed by atoms with Gasteiger partial charge < -0.3 is 0 Å². The van der Waals surface area contributed by atoms with E-state index in [1.165, 1.54) is 23.9 Å². The fourth-order valence-electron chi connectivity index (χ4n) is 2.51. The fraction of sp³-hybridized carbons (Fsp3) is 0.100. The number of hydrogen-bond acceptors (Lipinski definition) is 3. The lowest BCUT2D eigenvalue weighted by Crippen LogP contribution is -2.03. The molecule has 0 bridgehead atoms. The van der Waals surface area contributed by atoms with Crippen molar-refractivity contribution in [3.8, 4) is 11.1 Å². The monoisotopic (exact) mass is 408 g/mol. The minimum Gasteiger partial charge on any atom is -0.224 e. The highest BCUT2D eigenvalue weighted by Crippen LogP contribution is 2.37. The van der Waals surface area contributed by atoms with Crippen LogP contribution in [0.2, 0.25) is 0 Å². The molecule has 3 aromatic rings. The summed E-state index contributed by atoms with van der Waals surface area (Å²) in [6, 6.07) is 19.0. The van der Waals surface area contributed by atoms with Gasteiger partial charge in [-0.3, -0.25) is 0 Å². The van der Waals surface area contributed by atoms with Gasteiger partial charge in [0.2, 0.25) is 0 Å². The van der Waals surface area contributed by atoms with Crippen molar-refractivity contribution in [1.82, 2.24) is 0 Å². The molecule has 0 aromatic heterocycles. The van der Waals surface area contributed by atoms with Crippen LogP contribution in [0, 0.1) is 0 Å². The predicted octanol–water partition coefficient (Wildman–Crippen LogP) is 5.93. The maximum absolute atomic E-state index is 12.7. The molecule has 0 aliphatic rings. The smallest absolute Gasteiger partial charge is 0.224 e. The van der Waals surface area contributed by atoms with Crippen molar-refractivity contribution in [2.75, 3.05) is 6.26 Å². The molecule has 0 aliphatic carbocycles. The first kappa shape index (κ1) is 19.5. The molecule has 0 saturated carbocycles. The van der Waals surface area contributed by atoms with Crippen LogP contribution in [-0.4, -0.2) is 14.7 Å². The fourth-order valence-corrected chi connectivity index (χ4v) is 4.11.